The van der Waals surface area contributed by atoms with Crippen LogP contribution in [0.4, 0.5) is 0 Å². The van der Waals surface area contributed by atoms with E-state index in [1.54, 1.807) is 7.05 Å². The SMILES string of the molecule is CCCNC(=NC)NCCN1CCN(C(=O)C2CCCC2)CC1.I. The zero-order valence-electron chi connectivity index (χ0n) is 15.2. The molecule has 1 saturated carbocycles. The van der Waals surface area contributed by atoms with E-state index >= 15 is 0 Å². The molecule has 140 valence electrons. The van der Waals surface area contributed by atoms with E-state index < -0.39 is 0 Å². The van der Waals surface area contributed by atoms with Crippen molar-refractivity contribution in [3.63, 3.8) is 0 Å². The van der Waals surface area contributed by atoms with E-state index in [4.69, 9.17) is 0 Å². The summed E-state index contributed by atoms with van der Waals surface area (Å²) in [6.45, 7) is 8.73. The van der Waals surface area contributed by atoms with Gasteiger partial charge in [-0.3, -0.25) is 14.7 Å². The number of carbonyl (C=O) groups is 1. The van der Waals surface area contributed by atoms with Crippen LogP contribution < -0.4 is 10.6 Å². The first-order valence-electron chi connectivity index (χ1n) is 9.20. The van der Waals surface area contributed by atoms with E-state index in [0.29, 0.717) is 11.8 Å². The van der Waals surface area contributed by atoms with E-state index in [-0.39, 0.29) is 24.0 Å². The number of guanidine groups is 1. The number of hydrogen-bond donors (Lipinski definition) is 2. The third kappa shape index (κ3) is 6.74. The van der Waals surface area contributed by atoms with Gasteiger partial charge in [0.1, 0.15) is 0 Å². The Balaban J connectivity index is 0.00000288. The van der Waals surface area contributed by atoms with Crippen LogP contribution in [0.5, 0.6) is 0 Å². The summed E-state index contributed by atoms with van der Waals surface area (Å²) in [7, 11) is 1.80. The van der Waals surface area contributed by atoms with Crippen LogP contribution in [0.25, 0.3) is 0 Å². The van der Waals surface area contributed by atoms with Gasteiger partial charge in [0.05, 0.1) is 0 Å². The molecule has 6 nitrogen and oxygen atoms in total. The maximum atomic E-state index is 12.4. The number of rotatable bonds is 6. The Labute approximate surface area is 163 Å². The smallest absolute Gasteiger partial charge is 0.225 e. The first-order valence-corrected chi connectivity index (χ1v) is 9.20. The summed E-state index contributed by atoms with van der Waals surface area (Å²) in [5, 5.41) is 6.62. The third-order valence-corrected chi connectivity index (χ3v) is 4.87. The van der Waals surface area contributed by atoms with Gasteiger partial charge in [-0.15, -0.1) is 24.0 Å². The van der Waals surface area contributed by atoms with E-state index in [0.717, 1.165) is 71.0 Å². The highest BCUT2D eigenvalue weighted by atomic mass is 127. The van der Waals surface area contributed by atoms with E-state index in [2.05, 4.69) is 32.3 Å². The number of amides is 1. The molecule has 2 N–H and O–H groups in total. The van der Waals surface area contributed by atoms with Crippen molar-refractivity contribution in [3.05, 3.63) is 0 Å². The van der Waals surface area contributed by atoms with Gasteiger partial charge in [0.25, 0.3) is 0 Å². The Kier molecular flexibility index (Phi) is 10.6. The number of hydrogen-bond acceptors (Lipinski definition) is 3. The molecular weight excluding hydrogens is 417 g/mol. The average molecular weight is 451 g/mol. The van der Waals surface area contributed by atoms with Crippen molar-refractivity contribution < 1.29 is 4.79 Å². The molecule has 0 aromatic rings. The molecule has 0 unspecified atom stereocenters. The normalized spacial score (nSPS) is 19.9. The van der Waals surface area contributed by atoms with E-state index in [9.17, 15) is 4.79 Å². The topological polar surface area (TPSA) is 60.0 Å². The Morgan fingerprint density at radius 1 is 1.08 bits per heavy atom. The molecule has 2 aliphatic rings. The molecule has 1 saturated heterocycles. The summed E-state index contributed by atoms with van der Waals surface area (Å²) in [5.41, 5.74) is 0. The molecule has 2 fully saturated rings. The van der Waals surface area contributed by atoms with Gasteiger partial charge in [-0.05, 0) is 19.3 Å². The molecule has 0 bridgehead atoms. The van der Waals surface area contributed by atoms with Crippen LogP contribution in [0.1, 0.15) is 39.0 Å². The van der Waals surface area contributed by atoms with Gasteiger partial charge in [0.15, 0.2) is 5.96 Å². The lowest BCUT2D eigenvalue weighted by Gasteiger charge is -2.36. The predicted molar refractivity (Wildman–Crippen MR) is 110 cm³/mol. The van der Waals surface area contributed by atoms with Gasteiger partial charge < -0.3 is 15.5 Å². The highest BCUT2D eigenvalue weighted by molar-refractivity contribution is 14.0. The lowest BCUT2D eigenvalue weighted by atomic mass is 10.1. The van der Waals surface area contributed by atoms with Crippen LogP contribution in [-0.2, 0) is 4.79 Å². The van der Waals surface area contributed by atoms with Crippen molar-refractivity contribution in [2.24, 2.45) is 10.9 Å². The standard InChI is InChI=1S/C17H33N5O.HI/c1-3-8-19-17(18-2)20-9-10-21-11-13-22(14-12-21)16(23)15-6-4-5-7-15;/h15H,3-14H2,1-2H3,(H2,18,19,20);1H. The zero-order valence-corrected chi connectivity index (χ0v) is 17.6. The van der Waals surface area contributed by atoms with Gasteiger partial charge in [-0.1, -0.05) is 19.8 Å². The largest absolute Gasteiger partial charge is 0.356 e. The molecule has 0 spiro atoms. The summed E-state index contributed by atoms with van der Waals surface area (Å²) < 4.78 is 0. The molecule has 1 heterocycles. The van der Waals surface area contributed by atoms with Gasteiger partial charge in [-0.2, -0.15) is 0 Å². The highest BCUT2D eigenvalue weighted by Gasteiger charge is 2.29. The fourth-order valence-electron chi connectivity index (χ4n) is 3.42. The summed E-state index contributed by atoms with van der Waals surface area (Å²) in [5.74, 6) is 1.60. The maximum Gasteiger partial charge on any atom is 0.225 e. The van der Waals surface area contributed by atoms with Gasteiger partial charge >= 0.3 is 0 Å². The number of nitrogens with one attached hydrogen (secondary N) is 2. The van der Waals surface area contributed by atoms with Crippen molar-refractivity contribution in [3.8, 4) is 0 Å². The number of nitrogens with zero attached hydrogens (tertiary/aromatic N) is 3. The van der Waals surface area contributed by atoms with Gasteiger partial charge in [0.2, 0.25) is 5.91 Å². The van der Waals surface area contributed by atoms with E-state index in [1.165, 1.54) is 12.8 Å². The minimum atomic E-state index is 0. The van der Waals surface area contributed by atoms with Crippen LogP contribution in [0.15, 0.2) is 4.99 Å². The Bertz CT molecular complexity index is 390. The molecule has 1 aliphatic carbocycles. The number of carbonyl (C=O) groups excluding carboxylic acids is 1. The minimum Gasteiger partial charge on any atom is -0.356 e. The lowest BCUT2D eigenvalue weighted by molar-refractivity contribution is -0.137. The molecule has 24 heavy (non-hydrogen) atoms. The molecule has 0 atom stereocenters. The predicted octanol–water partition coefficient (Wildman–Crippen LogP) is 1.51. The fraction of sp³-hybridized carbons (Fsp3) is 0.882. The van der Waals surface area contributed by atoms with Crippen LogP contribution in [-0.4, -0.2) is 74.5 Å². The molecule has 0 radical (unpaired) electrons. The zero-order chi connectivity index (χ0) is 16.5. The van der Waals surface area contributed by atoms with Crippen LogP contribution >= 0.6 is 24.0 Å². The summed E-state index contributed by atoms with van der Waals surface area (Å²) in [6, 6.07) is 0. The second-order valence-electron chi connectivity index (χ2n) is 6.57. The van der Waals surface area contributed by atoms with Gasteiger partial charge in [0, 0.05) is 58.8 Å². The molecule has 2 rings (SSSR count). The lowest BCUT2D eigenvalue weighted by Crippen LogP contribution is -2.51. The summed E-state index contributed by atoms with van der Waals surface area (Å²) in [4.78, 5) is 21.1. The van der Waals surface area contributed by atoms with Crippen molar-refractivity contribution in [2.75, 3.05) is 52.9 Å². The Morgan fingerprint density at radius 2 is 1.71 bits per heavy atom. The van der Waals surface area contributed by atoms with Crippen molar-refractivity contribution in [1.29, 1.82) is 0 Å². The van der Waals surface area contributed by atoms with Crippen molar-refractivity contribution in [1.82, 2.24) is 20.4 Å². The number of halogens is 1. The first kappa shape index (κ1) is 21.5. The van der Waals surface area contributed by atoms with Crippen molar-refractivity contribution in [2.45, 2.75) is 39.0 Å². The monoisotopic (exact) mass is 451 g/mol. The molecule has 0 aromatic heterocycles. The second kappa shape index (κ2) is 11.9. The minimum absolute atomic E-state index is 0. The Morgan fingerprint density at radius 3 is 2.29 bits per heavy atom. The molecule has 7 heteroatoms. The maximum absolute atomic E-state index is 12.4. The Hall–Kier alpha value is -0.570. The second-order valence-corrected chi connectivity index (χ2v) is 6.57. The van der Waals surface area contributed by atoms with Crippen LogP contribution in [0.2, 0.25) is 0 Å². The summed E-state index contributed by atoms with van der Waals surface area (Å²) in [6.07, 6.45) is 5.77. The highest BCUT2D eigenvalue weighted by Crippen LogP contribution is 2.26. The quantitative estimate of drug-likeness (QED) is 0.365. The molecule has 0 aromatic carbocycles. The molecular formula is C17H34IN5O. The number of aliphatic imine (C=N–C) groups is 1. The third-order valence-electron chi connectivity index (χ3n) is 4.87. The van der Waals surface area contributed by atoms with Crippen molar-refractivity contribution >= 4 is 35.8 Å². The summed E-state index contributed by atoms with van der Waals surface area (Å²) >= 11 is 0. The number of piperazine rings is 1. The van der Waals surface area contributed by atoms with Gasteiger partial charge in [-0.25, -0.2) is 0 Å². The van der Waals surface area contributed by atoms with Crippen LogP contribution in [0.3, 0.4) is 0 Å². The molecule has 1 amide bonds. The van der Waals surface area contributed by atoms with E-state index in [1.807, 2.05) is 0 Å². The molecule has 1 aliphatic heterocycles. The first-order chi connectivity index (χ1) is 11.2. The average Bonchev–Trinajstić information content (AvgIpc) is 3.12. The van der Waals surface area contributed by atoms with Crippen LogP contribution in [0, 0.1) is 5.92 Å². The fourth-order valence-corrected chi connectivity index (χ4v) is 3.42.